The summed E-state index contributed by atoms with van der Waals surface area (Å²) in [6.45, 7) is 0. The summed E-state index contributed by atoms with van der Waals surface area (Å²) in [7, 11) is 0. The largest absolute Gasteiger partial charge is 0.309 e. The highest BCUT2D eigenvalue weighted by atomic mass is 15.0. The van der Waals surface area contributed by atoms with Crippen molar-refractivity contribution >= 4 is 65.4 Å². The SMILES string of the molecule is [2H]c1c([2H])c([2H])c2c(c1[2H])c1c([2H])c([2H])c([2H])c([2H])c1n2-c1c([2H])c([2H])c2c3c([2H])c([2H])c([2H])c([2H])c3n(-c3c([2H])c([2H])c4c(c3[2H])c3c([2H])c([2H])c([2H])c([2H])c3n4-c3c(-c4ccccc4)cccc3-c3ccccc3)c2c1[2H]. The predicted molar refractivity (Wildman–Crippen MR) is 240 cm³/mol. The summed E-state index contributed by atoms with van der Waals surface area (Å²) < 4.78 is 208. The van der Waals surface area contributed by atoms with E-state index in [4.69, 9.17) is 13.7 Å². The van der Waals surface area contributed by atoms with E-state index >= 15 is 0 Å². The van der Waals surface area contributed by atoms with E-state index in [1.54, 1.807) is 42.5 Å². The monoisotopic (exact) mass is 747 g/mol. The molecule has 3 heteroatoms. The van der Waals surface area contributed by atoms with Crippen molar-refractivity contribution in [3.63, 3.8) is 0 Å². The molecule has 12 aromatic rings. The number of hydrogen-bond acceptors (Lipinski definition) is 0. The maximum atomic E-state index is 10.4. The van der Waals surface area contributed by atoms with Crippen molar-refractivity contribution in [2.24, 2.45) is 0 Å². The molecule has 0 unspecified atom stereocenters. The standard InChI is InChI=1S/C54H35N3/c1-3-16-36(17-4-1)40-24-15-25-41(37-18-5-2-6-19-37)54(40)57-51-29-14-10-23-45(51)47-34-38(31-33-52(47)57)56-50-28-13-9-22-44(50)46-32-30-39(35-53(46)56)55-48-26-11-7-20-42(48)43-21-8-12-27-49(43)55/h1-35H/i7D,8D,9D,10D,11D,12D,13D,14D,20D,21D,22D,23D,26D,27D,28D,29D,30D,31D,32D,33D,34D,35D. The van der Waals surface area contributed by atoms with Crippen LogP contribution in [0.5, 0.6) is 0 Å². The molecule has 266 valence electrons. The topological polar surface area (TPSA) is 14.8 Å². The van der Waals surface area contributed by atoms with Gasteiger partial charge in [-0.1, -0.05) is 157 Å². The molecule has 0 N–H and O–H groups in total. The Morgan fingerprint density at radius 2 is 0.702 bits per heavy atom. The first-order valence-electron chi connectivity index (χ1n) is 28.8. The average molecular weight is 748 g/mol. The minimum absolute atomic E-state index is 0.194. The molecule has 0 aliphatic carbocycles. The van der Waals surface area contributed by atoms with Gasteiger partial charge in [0.1, 0.15) is 0 Å². The van der Waals surface area contributed by atoms with Crippen LogP contribution in [0, 0.1) is 0 Å². The fourth-order valence-electron chi connectivity index (χ4n) is 7.81. The van der Waals surface area contributed by atoms with Gasteiger partial charge in [-0.05, 0) is 65.5 Å². The minimum Gasteiger partial charge on any atom is -0.309 e. The van der Waals surface area contributed by atoms with Gasteiger partial charge < -0.3 is 13.7 Å². The zero-order valence-corrected chi connectivity index (χ0v) is 29.3. The molecule has 0 aliphatic rings. The zero-order valence-electron chi connectivity index (χ0n) is 51.3. The Labute approximate surface area is 360 Å². The molecule has 0 amide bonds. The van der Waals surface area contributed by atoms with Gasteiger partial charge in [0.2, 0.25) is 0 Å². The maximum absolute atomic E-state index is 10.4. The smallest absolute Gasteiger partial charge is 0.0667 e. The third kappa shape index (κ3) is 4.73. The fourth-order valence-corrected chi connectivity index (χ4v) is 7.81. The number of benzene rings is 9. The lowest BCUT2D eigenvalue weighted by atomic mass is 9.95. The summed E-state index contributed by atoms with van der Waals surface area (Å²) in [6, 6.07) is 6.45. The number of nitrogens with zero attached hydrogens (tertiary/aromatic N) is 3. The highest BCUT2D eigenvalue weighted by Crippen LogP contribution is 2.43. The molecule has 0 bridgehead atoms. The van der Waals surface area contributed by atoms with Crippen molar-refractivity contribution in [1.82, 2.24) is 13.7 Å². The van der Waals surface area contributed by atoms with Crippen LogP contribution in [0.25, 0.3) is 105 Å². The van der Waals surface area contributed by atoms with Crippen molar-refractivity contribution in [1.29, 1.82) is 0 Å². The van der Waals surface area contributed by atoms with Crippen molar-refractivity contribution in [2.75, 3.05) is 0 Å². The Bertz CT molecular complexity index is 4660. The van der Waals surface area contributed by atoms with Crippen molar-refractivity contribution in [3.05, 3.63) is 212 Å². The highest BCUT2D eigenvalue weighted by Gasteiger charge is 2.22. The predicted octanol–water partition coefficient (Wildman–Crippen LogP) is 14.3. The van der Waals surface area contributed by atoms with Gasteiger partial charge in [0.25, 0.3) is 0 Å². The van der Waals surface area contributed by atoms with E-state index in [0.29, 0.717) is 27.9 Å². The molecular formula is C54H35N3. The Hall–Kier alpha value is -7.62. The molecule has 0 saturated heterocycles. The van der Waals surface area contributed by atoms with E-state index in [1.807, 2.05) is 36.4 Å². The molecule has 12 rings (SSSR count). The van der Waals surface area contributed by atoms with Crippen LogP contribution >= 0.6 is 0 Å². The quantitative estimate of drug-likeness (QED) is 0.167. The Morgan fingerprint density at radius 3 is 1.25 bits per heavy atom. The van der Waals surface area contributed by atoms with Crippen molar-refractivity contribution in [2.45, 2.75) is 0 Å². The second-order valence-electron chi connectivity index (χ2n) is 13.2. The zero-order chi connectivity index (χ0) is 56.6. The molecule has 9 aromatic carbocycles. The van der Waals surface area contributed by atoms with Crippen LogP contribution in [0.4, 0.5) is 0 Å². The molecule has 57 heavy (non-hydrogen) atoms. The van der Waals surface area contributed by atoms with Gasteiger partial charge in [0.15, 0.2) is 0 Å². The number of para-hydroxylation sites is 5. The van der Waals surface area contributed by atoms with Gasteiger partial charge in [-0.25, -0.2) is 0 Å². The van der Waals surface area contributed by atoms with Crippen LogP contribution in [0.1, 0.15) is 30.2 Å². The third-order valence-corrected chi connectivity index (χ3v) is 10.2. The minimum atomic E-state index is -0.901. The first kappa shape index (κ1) is 17.0. The molecule has 0 saturated carbocycles. The first-order chi connectivity index (χ1) is 37.5. The molecule has 3 aromatic heterocycles. The van der Waals surface area contributed by atoms with E-state index < -0.39 is 188 Å². The Kier molecular flexibility index (Phi) is 3.72. The van der Waals surface area contributed by atoms with E-state index in [9.17, 15) is 16.4 Å². The summed E-state index contributed by atoms with van der Waals surface area (Å²) in [6.07, 6.45) is 0. The molecule has 0 fully saturated rings. The number of hydrogen-bond donors (Lipinski definition) is 0. The van der Waals surface area contributed by atoms with Crippen molar-refractivity contribution < 1.29 is 30.2 Å². The molecule has 0 atom stereocenters. The summed E-state index contributed by atoms with van der Waals surface area (Å²) in [5.41, 5.74) is -1.36. The molecule has 0 radical (unpaired) electrons. The van der Waals surface area contributed by atoms with Crippen LogP contribution in [-0.4, -0.2) is 13.7 Å². The average Bonchev–Trinajstić information content (AvgIpc) is 2.88. The van der Waals surface area contributed by atoms with Crippen LogP contribution in [0.3, 0.4) is 0 Å². The first-order valence-corrected chi connectivity index (χ1v) is 17.8. The lowest BCUT2D eigenvalue weighted by molar-refractivity contribution is 1.15. The van der Waals surface area contributed by atoms with Gasteiger partial charge in [-0.3, -0.25) is 0 Å². The van der Waals surface area contributed by atoms with Crippen LogP contribution in [-0.2, 0) is 0 Å². The summed E-state index contributed by atoms with van der Waals surface area (Å²) in [5, 5.41) is -2.40. The lowest BCUT2D eigenvalue weighted by Crippen LogP contribution is -2.01. The van der Waals surface area contributed by atoms with E-state index in [2.05, 4.69) is 0 Å². The fraction of sp³-hybridized carbons (Fsp3) is 0. The molecule has 0 spiro atoms. The number of rotatable bonds is 5. The second kappa shape index (κ2) is 12.5. The van der Waals surface area contributed by atoms with Gasteiger partial charge in [0.05, 0.1) is 68.9 Å². The lowest BCUT2D eigenvalue weighted by Gasteiger charge is -2.19. The maximum Gasteiger partial charge on any atom is 0.0667 e. The van der Waals surface area contributed by atoms with E-state index in [0.717, 1.165) is 9.13 Å². The Morgan fingerprint density at radius 1 is 0.298 bits per heavy atom. The van der Waals surface area contributed by atoms with E-state index in [-0.39, 0.29) is 21.8 Å². The molecular weight excluding hydrogens is 691 g/mol. The van der Waals surface area contributed by atoms with Gasteiger partial charge >= 0.3 is 0 Å². The van der Waals surface area contributed by atoms with E-state index in [1.165, 1.54) is 4.57 Å². The molecule has 0 aliphatic heterocycles. The summed E-state index contributed by atoms with van der Waals surface area (Å²) in [4.78, 5) is 0. The van der Waals surface area contributed by atoms with Gasteiger partial charge in [-0.15, -0.1) is 0 Å². The third-order valence-electron chi connectivity index (χ3n) is 10.2. The van der Waals surface area contributed by atoms with Crippen molar-refractivity contribution in [3.8, 4) is 39.3 Å². The Balaban J connectivity index is 1.34. The normalized spacial score (nSPS) is 17.3. The molecule has 3 heterocycles. The van der Waals surface area contributed by atoms with Gasteiger partial charge in [0, 0.05) is 54.8 Å². The summed E-state index contributed by atoms with van der Waals surface area (Å²) >= 11 is 0. The second-order valence-corrected chi connectivity index (χ2v) is 13.2. The van der Waals surface area contributed by atoms with Crippen LogP contribution in [0.2, 0.25) is 0 Å². The molecule has 3 nitrogen and oxygen atoms in total. The van der Waals surface area contributed by atoms with Crippen LogP contribution in [0.15, 0.2) is 212 Å². The number of aromatic nitrogens is 3. The summed E-state index contributed by atoms with van der Waals surface area (Å²) in [5.74, 6) is 0. The highest BCUT2D eigenvalue weighted by molar-refractivity contribution is 6.14. The van der Waals surface area contributed by atoms with Crippen LogP contribution < -0.4 is 0 Å². The number of fused-ring (bicyclic) bond motifs is 9. The van der Waals surface area contributed by atoms with Gasteiger partial charge in [-0.2, -0.15) is 0 Å².